The Morgan fingerprint density at radius 1 is 0.355 bits per heavy atom. The van der Waals surface area contributed by atoms with Crippen LogP contribution in [-0.4, -0.2) is 9.13 Å². The van der Waals surface area contributed by atoms with Crippen molar-refractivity contribution in [1.82, 2.24) is 9.13 Å². The molecule has 296 valence electrons. The maximum atomic E-state index is 6.26. The van der Waals surface area contributed by atoms with E-state index in [1.54, 1.807) is 0 Å². The molecule has 0 bridgehead atoms. The number of aromatic nitrogens is 2. The van der Waals surface area contributed by atoms with Gasteiger partial charge in [0, 0.05) is 60.6 Å². The van der Waals surface area contributed by atoms with Gasteiger partial charge >= 0.3 is 0 Å². The van der Waals surface area contributed by atoms with Crippen molar-refractivity contribution in [3.05, 3.63) is 210 Å². The molecule has 0 saturated heterocycles. The second kappa shape index (κ2) is 13.9. The van der Waals surface area contributed by atoms with Crippen molar-refractivity contribution < 1.29 is 4.42 Å². The standard InChI is InChI=1S/C58H43N3O/c1-36-13-26-53-47(31-36)48-32-37(2)14-27-54(48)60(53)43-22-18-41(19-23-43)59(52-11-7-5-9-45(52)40-17-30-58-51(35-40)46-10-6-8-12-57(46)62-58)42-20-24-44(25-21-42)61-55-28-15-38(3)33-49(55)50-34-39(4)16-29-56(50)61/h5-35H,1-4H3. The third kappa shape index (κ3) is 5.68. The van der Waals surface area contributed by atoms with E-state index in [0.29, 0.717) is 0 Å². The minimum atomic E-state index is 0.890. The maximum absolute atomic E-state index is 6.26. The SMILES string of the molecule is Cc1ccc2c(c1)c1cc(C)ccc1n2-c1ccc(N(c2ccc(-n3c4ccc(C)cc4c4cc(C)ccc43)cc2)c2ccccc2-c2ccc3oc4ccccc4c3c2)cc1. The predicted octanol–water partition coefficient (Wildman–Crippen LogP) is 16.2. The molecule has 12 aromatic rings. The van der Waals surface area contributed by atoms with Crippen LogP contribution < -0.4 is 4.90 Å². The molecule has 0 aliphatic heterocycles. The van der Waals surface area contributed by atoms with Crippen LogP contribution in [0.15, 0.2) is 192 Å². The first-order valence-electron chi connectivity index (χ1n) is 21.4. The number of furan rings is 1. The van der Waals surface area contributed by atoms with Gasteiger partial charge in [0.15, 0.2) is 0 Å². The number of nitrogens with zero attached hydrogens (tertiary/aromatic N) is 3. The summed E-state index contributed by atoms with van der Waals surface area (Å²) >= 11 is 0. The van der Waals surface area contributed by atoms with E-state index in [2.05, 4.69) is 218 Å². The first-order chi connectivity index (χ1) is 30.4. The number of rotatable bonds is 6. The predicted molar refractivity (Wildman–Crippen MR) is 261 cm³/mol. The molecule has 62 heavy (non-hydrogen) atoms. The van der Waals surface area contributed by atoms with E-state index in [-0.39, 0.29) is 0 Å². The van der Waals surface area contributed by atoms with E-state index in [0.717, 1.165) is 61.5 Å². The van der Waals surface area contributed by atoms with E-state index < -0.39 is 0 Å². The van der Waals surface area contributed by atoms with Crippen LogP contribution in [0.2, 0.25) is 0 Å². The molecule has 0 radical (unpaired) electrons. The zero-order chi connectivity index (χ0) is 41.6. The van der Waals surface area contributed by atoms with Crippen LogP contribution in [0, 0.1) is 27.7 Å². The first kappa shape index (κ1) is 36.1. The second-order valence-corrected chi connectivity index (χ2v) is 16.9. The number of hydrogen-bond acceptors (Lipinski definition) is 2. The van der Waals surface area contributed by atoms with Crippen molar-refractivity contribution in [2.45, 2.75) is 27.7 Å². The molecular formula is C58H43N3O. The quantitative estimate of drug-likeness (QED) is 0.167. The van der Waals surface area contributed by atoms with Crippen LogP contribution in [-0.2, 0) is 0 Å². The molecule has 3 aromatic heterocycles. The lowest BCUT2D eigenvalue weighted by Gasteiger charge is -2.28. The lowest BCUT2D eigenvalue weighted by atomic mass is 9.99. The summed E-state index contributed by atoms with van der Waals surface area (Å²) in [4.78, 5) is 2.40. The summed E-state index contributed by atoms with van der Waals surface area (Å²) in [5.41, 5.74) is 19.4. The Labute approximate surface area is 360 Å². The van der Waals surface area contributed by atoms with Gasteiger partial charge in [0.2, 0.25) is 0 Å². The maximum Gasteiger partial charge on any atom is 0.135 e. The van der Waals surface area contributed by atoms with Gasteiger partial charge in [-0.3, -0.25) is 0 Å². The Morgan fingerprint density at radius 2 is 0.790 bits per heavy atom. The molecule has 0 fully saturated rings. The van der Waals surface area contributed by atoms with Crippen LogP contribution >= 0.6 is 0 Å². The molecule has 0 unspecified atom stereocenters. The van der Waals surface area contributed by atoms with Crippen molar-refractivity contribution in [2.24, 2.45) is 0 Å². The molecule has 0 aliphatic rings. The van der Waals surface area contributed by atoms with Crippen molar-refractivity contribution in [3.63, 3.8) is 0 Å². The van der Waals surface area contributed by atoms with E-state index in [4.69, 9.17) is 4.42 Å². The molecule has 9 aromatic carbocycles. The molecule has 3 heterocycles. The monoisotopic (exact) mass is 797 g/mol. The van der Waals surface area contributed by atoms with Gasteiger partial charge in [-0.25, -0.2) is 0 Å². The van der Waals surface area contributed by atoms with E-state index in [1.165, 1.54) is 65.9 Å². The molecule has 4 heteroatoms. The van der Waals surface area contributed by atoms with Crippen LogP contribution in [0.5, 0.6) is 0 Å². The molecule has 0 N–H and O–H groups in total. The summed E-state index contributed by atoms with van der Waals surface area (Å²) < 4.78 is 11.1. The number of aryl methyl sites for hydroxylation is 4. The van der Waals surface area contributed by atoms with Gasteiger partial charge < -0.3 is 18.5 Å². The summed E-state index contributed by atoms with van der Waals surface area (Å²) in [6, 6.07) is 68.9. The Morgan fingerprint density at radius 3 is 1.29 bits per heavy atom. The highest BCUT2D eigenvalue weighted by atomic mass is 16.3. The fourth-order valence-corrected chi connectivity index (χ4v) is 9.79. The summed E-state index contributed by atoms with van der Waals surface area (Å²) in [5, 5.41) is 7.34. The highest BCUT2D eigenvalue weighted by molar-refractivity contribution is 6.11. The van der Waals surface area contributed by atoms with Gasteiger partial charge in [-0.05, 0) is 155 Å². The molecule has 12 rings (SSSR count). The largest absolute Gasteiger partial charge is 0.456 e. The van der Waals surface area contributed by atoms with Crippen LogP contribution in [0.4, 0.5) is 17.1 Å². The lowest BCUT2D eigenvalue weighted by Crippen LogP contribution is -2.11. The van der Waals surface area contributed by atoms with Crippen molar-refractivity contribution in [3.8, 4) is 22.5 Å². The van der Waals surface area contributed by atoms with Gasteiger partial charge in [-0.15, -0.1) is 0 Å². The Bertz CT molecular complexity index is 3440. The lowest BCUT2D eigenvalue weighted by molar-refractivity contribution is 0.669. The minimum absolute atomic E-state index is 0.890. The van der Waals surface area contributed by atoms with E-state index in [1.807, 2.05) is 12.1 Å². The first-order valence-corrected chi connectivity index (χ1v) is 21.4. The third-order valence-electron chi connectivity index (χ3n) is 12.7. The summed E-state index contributed by atoms with van der Waals surface area (Å²) in [6.45, 7) is 8.69. The molecule has 0 saturated carbocycles. The van der Waals surface area contributed by atoms with Gasteiger partial charge in [0.1, 0.15) is 11.2 Å². The van der Waals surface area contributed by atoms with Gasteiger partial charge in [0.05, 0.1) is 27.8 Å². The average molecular weight is 798 g/mol. The van der Waals surface area contributed by atoms with Gasteiger partial charge in [-0.2, -0.15) is 0 Å². The zero-order valence-electron chi connectivity index (χ0n) is 35.1. The average Bonchev–Trinajstić information content (AvgIpc) is 3.93. The third-order valence-corrected chi connectivity index (χ3v) is 12.7. The molecule has 0 amide bonds. The normalized spacial score (nSPS) is 11.9. The van der Waals surface area contributed by atoms with E-state index >= 15 is 0 Å². The molecule has 4 nitrogen and oxygen atoms in total. The fraction of sp³-hybridized carbons (Fsp3) is 0.0690. The topological polar surface area (TPSA) is 26.2 Å². The number of fused-ring (bicyclic) bond motifs is 9. The molecular weight excluding hydrogens is 755 g/mol. The number of para-hydroxylation sites is 2. The minimum Gasteiger partial charge on any atom is -0.456 e. The second-order valence-electron chi connectivity index (χ2n) is 16.9. The Kier molecular flexibility index (Phi) is 8.07. The summed E-state index contributed by atoms with van der Waals surface area (Å²) in [5.74, 6) is 0. The Hall–Kier alpha value is -7.82. The van der Waals surface area contributed by atoms with Crippen LogP contribution in [0.3, 0.4) is 0 Å². The van der Waals surface area contributed by atoms with E-state index in [9.17, 15) is 0 Å². The number of benzene rings is 9. The zero-order valence-corrected chi connectivity index (χ0v) is 35.1. The van der Waals surface area contributed by atoms with Crippen molar-refractivity contribution in [2.75, 3.05) is 4.90 Å². The van der Waals surface area contributed by atoms with Crippen molar-refractivity contribution >= 4 is 82.6 Å². The van der Waals surface area contributed by atoms with Crippen molar-refractivity contribution in [1.29, 1.82) is 0 Å². The number of hydrogen-bond donors (Lipinski definition) is 0. The molecule has 0 atom stereocenters. The number of anilines is 3. The smallest absolute Gasteiger partial charge is 0.135 e. The molecule has 0 spiro atoms. The molecule has 0 aliphatic carbocycles. The van der Waals surface area contributed by atoms with Gasteiger partial charge in [0.25, 0.3) is 0 Å². The fourth-order valence-electron chi connectivity index (χ4n) is 9.79. The van der Waals surface area contributed by atoms with Gasteiger partial charge in [-0.1, -0.05) is 89.0 Å². The Balaban J connectivity index is 1.03. The highest BCUT2D eigenvalue weighted by Gasteiger charge is 2.21. The van der Waals surface area contributed by atoms with Crippen LogP contribution in [0.25, 0.3) is 88.1 Å². The summed E-state index contributed by atoms with van der Waals surface area (Å²) in [6.07, 6.45) is 0. The highest BCUT2D eigenvalue weighted by Crippen LogP contribution is 2.44. The summed E-state index contributed by atoms with van der Waals surface area (Å²) in [7, 11) is 0. The van der Waals surface area contributed by atoms with Crippen LogP contribution in [0.1, 0.15) is 22.3 Å².